The van der Waals surface area contributed by atoms with Gasteiger partial charge >= 0.3 is 0 Å². The summed E-state index contributed by atoms with van der Waals surface area (Å²) in [7, 11) is 0. The second-order valence-corrected chi connectivity index (χ2v) is 6.17. The van der Waals surface area contributed by atoms with Crippen LogP contribution in [0.5, 0.6) is 5.75 Å². The lowest BCUT2D eigenvalue weighted by atomic mass is 10.0. The van der Waals surface area contributed by atoms with E-state index in [0.29, 0.717) is 5.75 Å². The molecule has 0 radical (unpaired) electrons. The van der Waals surface area contributed by atoms with Crippen molar-refractivity contribution in [1.29, 1.82) is 0 Å². The second-order valence-electron chi connectivity index (χ2n) is 5.07. The second kappa shape index (κ2) is 5.90. The number of rotatable bonds is 4. The average Bonchev–Trinajstić information content (AvgIpc) is 2.94. The molecule has 0 saturated heterocycles. The van der Waals surface area contributed by atoms with Gasteiger partial charge < -0.3 is 9.84 Å². The number of ether oxygens (including phenoxy) is 1. The van der Waals surface area contributed by atoms with Crippen LogP contribution in [0.4, 0.5) is 0 Å². The highest BCUT2D eigenvalue weighted by Gasteiger charge is 2.20. The molecule has 2 aromatic rings. The maximum Gasteiger partial charge on any atom is 0.128 e. The molecule has 104 valence electrons. The molecule has 3 rings (SSSR count). The predicted molar refractivity (Wildman–Crippen MR) is 82.5 cm³/mol. The van der Waals surface area contributed by atoms with Gasteiger partial charge in [-0.15, -0.1) is 11.8 Å². The minimum atomic E-state index is -0.491. The summed E-state index contributed by atoms with van der Waals surface area (Å²) in [5, 5.41) is 10.4. The van der Waals surface area contributed by atoms with E-state index in [0.717, 1.165) is 24.3 Å². The molecule has 0 aliphatic carbocycles. The van der Waals surface area contributed by atoms with E-state index in [1.165, 1.54) is 16.0 Å². The summed E-state index contributed by atoms with van der Waals surface area (Å²) in [6, 6.07) is 14.4. The van der Waals surface area contributed by atoms with Gasteiger partial charge in [0.15, 0.2) is 0 Å². The lowest BCUT2D eigenvalue weighted by molar-refractivity contribution is 0.198. The van der Waals surface area contributed by atoms with E-state index in [4.69, 9.17) is 4.74 Å². The van der Waals surface area contributed by atoms with Crippen LogP contribution in [0.2, 0.25) is 0 Å². The molecule has 0 bridgehead atoms. The third-order valence-electron chi connectivity index (χ3n) is 3.53. The van der Waals surface area contributed by atoms with Crippen LogP contribution in [0, 0.1) is 6.92 Å². The number of aliphatic hydroxyl groups excluding tert-OH is 1. The minimum Gasteiger partial charge on any atom is -0.493 e. The average molecular weight is 286 g/mol. The van der Waals surface area contributed by atoms with Crippen LogP contribution in [0.3, 0.4) is 0 Å². The van der Waals surface area contributed by atoms with E-state index < -0.39 is 6.10 Å². The van der Waals surface area contributed by atoms with E-state index in [2.05, 4.69) is 37.3 Å². The zero-order chi connectivity index (χ0) is 13.9. The summed E-state index contributed by atoms with van der Waals surface area (Å²) < 4.78 is 5.65. The van der Waals surface area contributed by atoms with Crippen molar-refractivity contribution in [1.82, 2.24) is 0 Å². The maximum absolute atomic E-state index is 10.4. The van der Waals surface area contributed by atoms with Crippen molar-refractivity contribution in [3.63, 3.8) is 0 Å². The molecule has 2 aromatic carbocycles. The Hall–Kier alpha value is -1.45. The first-order valence-electron chi connectivity index (χ1n) is 6.86. The molecule has 0 saturated carbocycles. The molecule has 1 N–H and O–H groups in total. The summed E-state index contributed by atoms with van der Waals surface area (Å²) in [5.74, 6) is 1.53. The highest BCUT2D eigenvalue weighted by atomic mass is 32.2. The first-order valence-corrected chi connectivity index (χ1v) is 7.85. The van der Waals surface area contributed by atoms with Crippen LogP contribution in [0.15, 0.2) is 47.4 Å². The lowest BCUT2D eigenvalue weighted by Gasteiger charge is -2.14. The van der Waals surface area contributed by atoms with Gasteiger partial charge in [0.1, 0.15) is 5.75 Å². The van der Waals surface area contributed by atoms with Crippen molar-refractivity contribution >= 4 is 11.8 Å². The number of thioether (sulfide) groups is 1. The van der Waals surface area contributed by atoms with Gasteiger partial charge in [-0.2, -0.15) is 0 Å². The molecular formula is C17H18O2S. The molecule has 3 heteroatoms. The van der Waals surface area contributed by atoms with Gasteiger partial charge in [-0.3, -0.25) is 0 Å². The van der Waals surface area contributed by atoms with Gasteiger partial charge in [-0.05, 0) is 24.6 Å². The van der Waals surface area contributed by atoms with Crippen LogP contribution >= 0.6 is 11.8 Å². The monoisotopic (exact) mass is 286 g/mol. The fourth-order valence-electron chi connectivity index (χ4n) is 2.40. The molecule has 0 aromatic heterocycles. The molecule has 1 aliphatic heterocycles. The van der Waals surface area contributed by atoms with Crippen molar-refractivity contribution in [3.8, 4) is 5.75 Å². The summed E-state index contributed by atoms with van der Waals surface area (Å²) in [4.78, 5) is 1.18. The van der Waals surface area contributed by atoms with Crippen molar-refractivity contribution in [2.24, 2.45) is 0 Å². The number of aliphatic hydroxyl groups is 1. The van der Waals surface area contributed by atoms with Gasteiger partial charge in [-0.1, -0.05) is 35.9 Å². The Labute approximate surface area is 123 Å². The van der Waals surface area contributed by atoms with Gasteiger partial charge in [0.25, 0.3) is 0 Å². The Bertz CT molecular complexity index is 592. The minimum absolute atomic E-state index is 0.491. The quantitative estimate of drug-likeness (QED) is 0.868. The van der Waals surface area contributed by atoms with Crippen molar-refractivity contribution in [2.75, 3.05) is 12.4 Å². The number of aryl methyl sites for hydroxylation is 1. The predicted octanol–water partition coefficient (Wildman–Crippen LogP) is 3.76. The third-order valence-corrected chi connectivity index (χ3v) is 4.62. The largest absolute Gasteiger partial charge is 0.493 e. The highest BCUT2D eigenvalue weighted by Crippen LogP contribution is 2.35. The van der Waals surface area contributed by atoms with Crippen LogP contribution in [-0.2, 0) is 6.42 Å². The zero-order valence-electron chi connectivity index (χ0n) is 11.5. The Morgan fingerprint density at radius 3 is 2.80 bits per heavy atom. The van der Waals surface area contributed by atoms with Crippen LogP contribution < -0.4 is 4.74 Å². The first-order chi connectivity index (χ1) is 9.74. The molecule has 1 atom stereocenters. The zero-order valence-corrected chi connectivity index (χ0v) is 12.3. The first kappa shape index (κ1) is 13.5. The maximum atomic E-state index is 10.4. The molecule has 0 spiro atoms. The van der Waals surface area contributed by atoms with E-state index >= 15 is 0 Å². The number of benzene rings is 2. The summed E-state index contributed by atoms with van der Waals surface area (Å²) >= 11 is 1.67. The molecule has 20 heavy (non-hydrogen) atoms. The van der Waals surface area contributed by atoms with E-state index in [-0.39, 0.29) is 0 Å². The van der Waals surface area contributed by atoms with E-state index in [1.54, 1.807) is 11.8 Å². The molecule has 1 aliphatic rings. The van der Waals surface area contributed by atoms with E-state index in [1.807, 2.05) is 12.1 Å². The van der Waals surface area contributed by atoms with Crippen LogP contribution in [-0.4, -0.2) is 17.5 Å². The van der Waals surface area contributed by atoms with Gasteiger partial charge in [0, 0.05) is 22.6 Å². The third kappa shape index (κ3) is 2.84. The van der Waals surface area contributed by atoms with E-state index in [9.17, 15) is 5.11 Å². The van der Waals surface area contributed by atoms with Crippen molar-refractivity contribution in [3.05, 3.63) is 59.2 Å². The Balaban J connectivity index is 1.69. The number of para-hydroxylation sites is 1. The van der Waals surface area contributed by atoms with Gasteiger partial charge in [0.2, 0.25) is 0 Å². The number of fused-ring (bicyclic) bond motifs is 1. The molecule has 0 fully saturated rings. The summed E-state index contributed by atoms with van der Waals surface area (Å²) in [5.41, 5.74) is 3.38. The molecule has 1 unspecified atom stereocenters. The van der Waals surface area contributed by atoms with Gasteiger partial charge in [-0.25, -0.2) is 0 Å². The van der Waals surface area contributed by atoms with Gasteiger partial charge in [0.05, 0.1) is 12.7 Å². The summed E-state index contributed by atoms with van der Waals surface area (Å²) in [6.07, 6.45) is 0.454. The lowest BCUT2D eigenvalue weighted by Crippen LogP contribution is -2.03. The fourth-order valence-corrected chi connectivity index (χ4v) is 3.26. The molecular weight excluding hydrogens is 268 g/mol. The molecule has 2 nitrogen and oxygen atoms in total. The molecule has 0 amide bonds. The highest BCUT2D eigenvalue weighted by molar-refractivity contribution is 7.99. The summed E-state index contributed by atoms with van der Waals surface area (Å²) in [6.45, 7) is 2.80. The Kier molecular flexibility index (Phi) is 3.99. The normalized spacial score (nSPS) is 14.7. The van der Waals surface area contributed by atoms with Crippen molar-refractivity contribution < 1.29 is 9.84 Å². The fraction of sp³-hybridized carbons (Fsp3) is 0.294. The standard InChI is InChI=1S/C17H18O2S/c1-12-5-7-14(8-6-12)20-11-16(18)15-4-2-3-13-9-10-19-17(13)15/h2-8,16,18H,9-11H2,1H3. The van der Waals surface area contributed by atoms with Crippen LogP contribution in [0.1, 0.15) is 22.8 Å². The number of hydrogen-bond donors (Lipinski definition) is 1. The Morgan fingerprint density at radius 1 is 1.20 bits per heavy atom. The SMILES string of the molecule is Cc1ccc(SCC(O)c2cccc3c2OCC3)cc1. The van der Waals surface area contributed by atoms with Crippen molar-refractivity contribution in [2.45, 2.75) is 24.3 Å². The topological polar surface area (TPSA) is 29.5 Å². The number of hydrogen-bond acceptors (Lipinski definition) is 3. The Morgan fingerprint density at radius 2 is 2.00 bits per heavy atom. The molecule has 1 heterocycles. The van der Waals surface area contributed by atoms with Crippen LogP contribution in [0.25, 0.3) is 0 Å². The smallest absolute Gasteiger partial charge is 0.128 e.